The van der Waals surface area contributed by atoms with Crippen molar-refractivity contribution in [1.29, 1.82) is 0 Å². The van der Waals surface area contributed by atoms with E-state index in [0.717, 1.165) is 17.1 Å². The Morgan fingerprint density at radius 3 is 2.50 bits per heavy atom. The van der Waals surface area contributed by atoms with E-state index < -0.39 is 23.0 Å². The standard InChI is InChI=1S/C21H23N3O7S/c1-10-5-6-12(30-10)18(21(2)8-29-9-21)23-14-13(16(26)17(14)27)22-11-7-32-19(15(11)25)31-20(28)24(3)4/h5-7,18,22-23,25H,8-9H2,1-4H3/t18-/m0/s1. The van der Waals surface area contributed by atoms with Crippen LogP contribution in [0.3, 0.4) is 0 Å². The van der Waals surface area contributed by atoms with E-state index in [9.17, 15) is 19.5 Å². The van der Waals surface area contributed by atoms with Crippen LogP contribution in [0, 0.1) is 12.3 Å². The molecule has 0 spiro atoms. The summed E-state index contributed by atoms with van der Waals surface area (Å²) in [6, 6.07) is 3.25. The molecule has 0 bridgehead atoms. The third kappa shape index (κ3) is 3.73. The third-order valence-corrected chi connectivity index (χ3v) is 6.19. The fraction of sp³-hybridized carbons (Fsp3) is 0.381. The molecule has 0 aliphatic carbocycles. The van der Waals surface area contributed by atoms with Crippen LogP contribution in [0.2, 0.25) is 0 Å². The molecular weight excluding hydrogens is 438 g/mol. The maximum Gasteiger partial charge on any atom is 0.415 e. The second-order valence-electron chi connectivity index (χ2n) is 8.25. The Morgan fingerprint density at radius 2 is 1.94 bits per heavy atom. The summed E-state index contributed by atoms with van der Waals surface area (Å²) < 4.78 is 16.3. The number of hydrogen-bond acceptors (Lipinski definition) is 10. The largest absolute Gasteiger partial charge is 0.502 e. The fourth-order valence-corrected chi connectivity index (χ4v) is 4.12. The van der Waals surface area contributed by atoms with Crippen LogP contribution in [0.4, 0.5) is 21.9 Å². The number of hydrogen-bond donors (Lipinski definition) is 3. The molecule has 170 valence electrons. The van der Waals surface area contributed by atoms with Crippen molar-refractivity contribution in [2.75, 3.05) is 37.9 Å². The molecule has 1 fully saturated rings. The zero-order chi connectivity index (χ0) is 23.2. The number of amides is 1. The highest BCUT2D eigenvalue weighted by Gasteiger charge is 2.45. The molecule has 10 nitrogen and oxygen atoms in total. The maximum absolute atomic E-state index is 12.4. The van der Waals surface area contributed by atoms with Crippen LogP contribution in [-0.4, -0.2) is 43.4 Å². The van der Waals surface area contributed by atoms with Gasteiger partial charge in [-0.05, 0) is 19.1 Å². The molecule has 1 aliphatic rings. The van der Waals surface area contributed by atoms with Crippen molar-refractivity contribution in [3.05, 3.63) is 49.5 Å². The Kier molecular flexibility index (Phi) is 5.47. The maximum atomic E-state index is 12.4. The molecule has 0 saturated carbocycles. The highest BCUT2D eigenvalue weighted by atomic mass is 32.1. The van der Waals surface area contributed by atoms with E-state index >= 15 is 0 Å². The molecule has 3 N–H and O–H groups in total. The molecule has 1 saturated heterocycles. The molecule has 11 heteroatoms. The van der Waals surface area contributed by atoms with E-state index in [1.807, 2.05) is 26.0 Å². The van der Waals surface area contributed by atoms with Gasteiger partial charge in [0.2, 0.25) is 5.06 Å². The number of ether oxygens (including phenoxy) is 2. The molecule has 0 unspecified atom stereocenters. The summed E-state index contributed by atoms with van der Waals surface area (Å²) in [6.07, 6.45) is -0.655. The van der Waals surface area contributed by atoms with Crippen molar-refractivity contribution in [3.8, 4) is 10.8 Å². The Balaban J connectivity index is 1.59. The molecule has 3 heterocycles. The summed E-state index contributed by atoms with van der Waals surface area (Å²) in [6.45, 7) is 4.76. The Hall–Kier alpha value is -3.31. The van der Waals surface area contributed by atoms with Crippen molar-refractivity contribution in [1.82, 2.24) is 4.90 Å². The summed E-state index contributed by atoms with van der Waals surface area (Å²) in [5.41, 5.74) is -1.45. The topological polar surface area (TPSA) is 130 Å². The minimum atomic E-state index is -0.714. The minimum absolute atomic E-state index is 0.0192. The Morgan fingerprint density at radius 1 is 1.25 bits per heavy atom. The Bertz CT molecular complexity index is 1230. The third-order valence-electron chi connectivity index (χ3n) is 5.34. The number of nitrogens with one attached hydrogen (secondary N) is 2. The van der Waals surface area contributed by atoms with E-state index in [1.165, 1.54) is 24.4 Å². The summed E-state index contributed by atoms with van der Waals surface area (Å²) in [7, 11) is 3.02. The van der Waals surface area contributed by atoms with Crippen LogP contribution in [-0.2, 0) is 4.74 Å². The Labute approximate surface area is 187 Å². The van der Waals surface area contributed by atoms with E-state index in [4.69, 9.17) is 13.9 Å². The highest BCUT2D eigenvalue weighted by molar-refractivity contribution is 7.12. The van der Waals surface area contributed by atoms with Gasteiger partial charge >= 0.3 is 6.09 Å². The van der Waals surface area contributed by atoms with E-state index in [1.54, 1.807) is 0 Å². The predicted molar refractivity (Wildman–Crippen MR) is 119 cm³/mol. The number of carbonyl (C=O) groups is 1. The summed E-state index contributed by atoms with van der Waals surface area (Å²) in [5.74, 6) is 1.02. The molecular formula is C21H23N3O7S. The number of furan rings is 1. The summed E-state index contributed by atoms with van der Waals surface area (Å²) >= 11 is 0.979. The number of aryl methyl sites for hydroxylation is 1. The smallest absolute Gasteiger partial charge is 0.415 e. The predicted octanol–water partition coefficient (Wildman–Crippen LogP) is 2.94. The fourth-order valence-electron chi connectivity index (χ4n) is 3.38. The number of carbonyl (C=O) groups excluding carboxylic acids is 1. The number of aromatic hydroxyl groups is 1. The lowest BCUT2D eigenvalue weighted by Crippen LogP contribution is -2.49. The molecule has 0 radical (unpaired) electrons. The summed E-state index contributed by atoms with van der Waals surface area (Å²) in [4.78, 5) is 37.6. The van der Waals surface area contributed by atoms with Gasteiger partial charge in [-0.1, -0.05) is 6.92 Å². The lowest BCUT2D eigenvalue weighted by atomic mass is 9.79. The van der Waals surface area contributed by atoms with Crippen LogP contribution in [0.1, 0.15) is 24.5 Å². The van der Waals surface area contributed by atoms with Crippen LogP contribution < -0.4 is 26.2 Å². The molecule has 1 amide bonds. The van der Waals surface area contributed by atoms with Gasteiger partial charge in [-0.3, -0.25) is 9.59 Å². The van der Waals surface area contributed by atoms with Crippen LogP contribution >= 0.6 is 11.3 Å². The number of rotatable bonds is 7. The number of thiophene rings is 1. The monoisotopic (exact) mass is 461 g/mol. The molecule has 1 aromatic carbocycles. The molecule has 1 aliphatic heterocycles. The van der Waals surface area contributed by atoms with Gasteiger partial charge in [-0.15, -0.1) is 11.3 Å². The van der Waals surface area contributed by atoms with Crippen molar-refractivity contribution < 1.29 is 23.8 Å². The van der Waals surface area contributed by atoms with Crippen molar-refractivity contribution in [3.63, 3.8) is 0 Å². The van der Waals surface area contributed by atoms with Gasteiger partial charge in [-0.25, -0.2) is 4.79 Å². The van der Waals surface area contributed by atoms with E-state index in [2.05, 4.69) is 10.6 Å². The van der Waals surface area contributed by atoms with Crippen LogP contribution in [0.5, 0.6) is 10.8 Å². The van der Waals surface area contributed by atoms with Gasteiger partial charge in [0.05, 0.1) is 24.9 Å². The molecule has 1 atom stereocenters. The zero-order valence-electron chi connectivity index (χ0n) is 18.0. The lowest BCUT2D eigenvalue weighted by Gasteiger charge is -2.44. The molecule has 32 heavy (non-hydrogen) atoms. The lowest BCUT2D eigenvalue weighted by molar-refractivity contribution is -0.115. The second-order valence-corrected chi connectivity index (χ2v) is 9.10. The van der Waals surface area contributed by atoms with Gasteiger partial charge in [0.1, 0.15) is 22.9 Å². The summed E-state index contributed by atoms with van der Waals surface area (Å²) in [5, 5.41) is 17.8. The first-order valence-electron chi connectivity index (χ1n) is 9.81. The van der Waals surface area contributed by atoms with E-state index in [0.29, 0.717) is 19.0 Å². The average Bonchev–Trinajstić information content (AvgIpc) is 3.31. The first kappa shape index (κ1) is 21.9. The molecule has 3 aromatic rings. The quantitative estimate of drug-likeness (QED) is 0.455. The molecule has 2 aromatic heterocycles. The van der Waals surface area contributed by atoms with Gasteiger partial charge in [0.25, 0.3) is 10.9 Å². The van der Waals surface area contributed by atoms with Gasteiger partial charge < -0.3 is 34.5 Å². The SMILES string of the molecule is Cc1ccc([C@H](Nc2c(Nc3csc(OC(=O)N(C)C)c3O)c(=O)c2=O)C2(C)COC2)o1. The van der Waals surface area contributed by atoms with E-state index in [-0.39, 0.29) is 33.3 Å². The molecule has 4 rings (SSSR count). The zero-order valence-corrected chi connectivity index (χ0v) is 18.8. The number of nitrogens with zero attached hydrogens (tertiary/aromatic N) is 1. The first-order chi connectivity index (χ1) is 15.1. The number of anilines is 3. The van der Waals surface area contributed by atoms with Crippen molar-refractivity contribution >= 4 is 34.5 Å². The normalized spacial score (nSPS) is 15.8. The van der Waals surface area contributed by atoms with Crippen molar-refractivity contribution in [2.24, 2.45) is 5.41 Å². The van der Waals surface area contributed by atoms with Gasteiger partial charge in [-0.2, -0.15) is 0 Å². The minimum Gasteiger partial charge on any atom is -0.502 e. The van der Waals surface area contributed by atoms with Gasteiger partial charge in [0, 0.05) is 24.9 Å². The first-order valence-corrected chi connectivity index (χ1v) is 10.7. The highest BCUT2D eigenvalue weighted by Crippen LogP contribution is 2.45. The van der Waals surface area contributed by atoms with Crippen LogP contribution in [0.15, 0.2) is 31.5 Å². The van der Waals surface area contributed by atoms with Crippen molar-refractivity contribution in [2.45, 2.75) is 19.9 Å². The van der Waals surface area contributed by atoms with Gasteiger partial charge in [0.15, 0.2) is 5.75 Å². The second kappa shape index (κ2) is 7.99. The van der Waals surface area contributed by atoms with Crippen LogP contribution in [0.25, 0.3) is 0 Å². The average molecular weight is 461 g/mol.